The number of halogens is 3. The van der Waals surface area contributed by atoms with Crippen LogP contribution < -0.4 is 5.32 Å². The van der Waals surface area contributed by atoms with Gasteiger partial charge in [0.25, 0.3) is 0 Å². The molecule has 1 N–H and O–H groups in total. The fourth-order valence-corrected chi connectivity index (χ4v) is 2.95. The molecule has 0 saturated carbocycles. The number of alkyl halides is 3. The van der Waals surface area contributed by atoms with Crippen molar-refractivity contribution in [2.75, 3.05) is 37.8 Å². The smallest absolute Gasteiger partial charge is 0.372 e. The van der Waals surface area contributed by atoms with E-state index in [1.807, 2.05) is 11.8 Å². The van der Waals surface area contributed by atoms with Gasteiger partial charge < -0.3 is 10.1 Å². The van der Waals surface area contributed by atoms with E-state index in [9.17, 15) is 13.2 Å². The molecule has 102 valence electrons. The summed E-state index contributed by atoms with van der Waals surface area (Å²) in [5, 5.41) is 3.28. The minimum absolute atomic E-state index is 0.174. The predicted molar refractivity (Wildman–Crippen MR) is 64.4 cm³/mol. The second-order valence-corrected chi connectivity index (χ2v) is 5.51. The maximum Gasteiger partial charge on any atom is 0.411 e. The molecule has 6 heteroatoms. The van der Waals surface area contributed by atoms with Crippen molar-refractivity contribution in [1.29, 1.82) is 0 Å². The molecule has 0 aliphatic carbocycles. The molecular weight excluding hydrogens is 251 g/mol. The lowest BCUT2D eigenvalue weighted by molar-refractivity contribution is -0.173. The molecule has 0 unspecified atom stereocenters. The quantitative estimate of drug-likeness (QED) is 0.719. The Kier molecular flexibility index (Phi) is 7.30. The lowest BCUT2D eigenvalue weighted by Gasteiger charge is -2.21. The maximum absolute atomic E-state index is 11.7. The van der Waals surface area contributed by atoms with Crippen molar-refractivity contribution in [1.82, 2.24) is 5.32 Å². The zero-order chi connectivity index (χ0) is 12.6. The van der Waals surface area contributed by atoms with Crippen molar-refractivity contribution >= 4 is 11.8 Å². The molecule has 2 nitrogen and oxygen atoms in total. The van der Waals surface area contributed by atoms with Crippen LogP contribution >= 0.6 is 11.8 Å². The van der Waals surface area contributed by atoms with Crippen molar-refractivity contribution in [3.63, 3.8) is 0 Å². The van der Waals surface area contributed by atoms with Crippen molar-refractivity contribution in [3.05, 3.63) is 0 Å². The molecule has 0 spiro atoms. The van der Waals surface area contributed by atoms with E-state index in [4.69, 9.17) is 0 Å². The third-order valence-corrected chi connectivity index (χ3v) is 3.73. The van der Waals surface area contributed by atoms with Gasteiger partial charge in [0.05, 0.1) is 0 Å². The molecule has 17 heavy (non-hydrogen) atoms. The Labute approximate surface area is 105 Å². The van der Waals surface area contributed by atoms with E-state index < -0.39 is 12.8 Å². The van der Waals surface area contributed by atoms with Crippen LogP contribution in [0.5, 0.6) is 0 Å². The SMILES string of the molecule is FC(F)(F)COCCCNCC1CCSCC1. The topological polar surface area (TPSA) is 21.3 Å². The highest BCUT2D eigenvalue weighted by molar-refractivity contribution is 7.99. The van der Waals surface area contributed by atoms with Crippen LogP contribution in [-0.2, 0) is 4.74 Å². The first kappa shape index (κ1) is 15.1. The molecular formula is C11H20F3NOS. The van der Waals surface area contributed by atoms with Crippen LogP contribution in [0.2, 0.25) is 0 Å². The Hall–Kier alpha value is 0.0600. The van der Waals surface area contributed by atoms with Crippen molar-refractivity contribution in [2.45, 2.75) is 25.4 Å². The van der Waals surface area contributed by atoms with Gasteiger partial charge in [-0.2, -0.15) is 24.9 Å². The molecule has 0 radical (unpaired) electrons. The van der Waals surface area contributed by atoms with Gasteiger partial charge in [-0.05, 0) is 49.8 Å². The summed E-state index contributed by atoms with van der Waals surface area (Å²) in [6.45, 7) is 0.765. The molecule has 1 aliphatic rings. The standard InChI is InChI=1S/C11H20F3NOS/c12-11(13,14)9-16-5-1-4-15-8-10-2-6-17-7-3-10/h10,15H,1-9H2. The summed E-state index contributed by atoms with van der Waals surface area (Å²) in [6, 6.07) is 0. The van der Waals surface area contributed by atoms with E-state index in [0.29, 0.717) is 6.42 Å². The molecule has 1 saturated heterocycles. The normalized spacial score (nSPS) is 18.5. The fraction of sp³-hybridized carbons (Fsp3) is 1.00. The minimum atomic E-state index is -4.20. The van der Waals surface area contributed by atoms with E-state index in [1.54, 1.807) is 0 Å². The van der Waals surface area contributed by atoms with Gasteiger partial charge in [0.2, 0.25) is 0 Å². The summed E-state index contributed by atoms with van der Waals surface area (Å²) >= 11 is 2.00. The van der Waals surface area contributed by atoms with Gasteiger partial charge in [-0.25, -0.2) is 0 Å². The molecule has 0 aromatic heterocycles. The second-order valence-electron chi connectivity index (χ2n) is 4.28. The van der Waals surface area contributed by atoms with E-state index >= 15 is 0 Å². The maximum atomic E-state index is 11.7. The molecule has 0 aromatic rings. The molecule has 0 bridgehead atoms. The van der Waals surface area contributed by atoms with Crippen LogP contribution in [0.15, 0.2) is 0 Å². The number of ether oxygens (including phenoxy) is 1. The molecule has 1 heterocycles. The first-order chi connectivity index (χ1) is 8.08. The molecule has 1 rings (SSSR count). The molecule has 0 amide bonds. The largest absolute Gasteiger partial charge is 0.411 e. The number of thioether (sulfide) groups is 1. The Morgan fingerprint density at radius 1 is 1.24 bits per heavy atom. The van der Waals surface area contributed by atoms with Crippen LogP contribution in [0, 0.1) is 5.92 Å². The minimum Gasteiger partial charge on any atom is -0.372 e. The van der Waals surface area contributed by atoms with Crippen LogP contribution in [0.25, 0.3) is 0 Å². The van der Waals surface area contributed by atoms with Gasteiger partial charge in [0.15, 0.2) is 0 Å². The van der Waals surface area contributed by atoms with E-state index in [1.165, 1.54) is 24.3 Å². The Morgan fingerprint density at radius 2 is 1.94 bits per heavy atom. The van der Waals surface area contributed by atoms with Gasteiger partial charge >= 0.3 is 6.18 Å². The Morgan fingerprint density at radius 3 is 2.59 bits per heavy atom. The van der Waals surface area contributed by atoms with E-state index in [2.05, 4.69) is 10.1 Å². The van der Waals surface area contributed by atoms with Crippen LogP contribution in [0.1, 0.15) is 19.3 Å². The van der Waals surface area contributed by atoms with Crippen molar-refractivity contribution < 1.29 is 17.9 Å². The lowest BCUT2D eigenvalue weighted by atomic mass is 10.0. The first-order valence-corrected chi connectivity index (χ1v) is 7.16. The highest BCUT2D eigenvalue weighted by atomic mass is 32.2. The lowest BCUT2D eigenvalue weighted by Crippen LogP contribution is -2.27. The Balaban J connectivity index is 1.84. The van der Waals surface area contributed by atoms with E-state index in [-0.39, 0.29) is 6.61 Å². The zero-order valence-corrected chi connectivity index (χ0v) is 10.7. The highest BCUT2D eigenvalue weighted by Gasteiger charge is 2.27. The molecule has 1 aliphatic heterocycles. The zero-order valence-electron chi connectivity index (χ0n) is 9.89. The highest BCUT2D eigenvalue weighted by Crippen LogP contribution is 2.21. The average molecular weight is 271 g/mol. The van der Waals surface area contributed by atoms with Crippen LogP contribution in [0.3, 0.4) is 0 Å². The molecule has 1 fully saturated rings. The van der Waals surface area contributed by atoms with Gasteiger partial charge in [0.1, 0.15) is 6.61 Å². The van der Waals surface area contributed by atoms with Gasteiger partial charge in [-0.15, -0.1) is 0 Å². The second kappa shape index (κ2) is 8.21. The summed E-state index contributed by atoms with van der Waals surface area (Å²) in [4.78, 5) is 0. The van der Waals surface area contributed by atoms with Gasteiger partial charge in [0, 0.05) is 6.61 Å². The van der Waals surface area contributed by atoms with Gasteiger partial charge in [-0.1, -0.05) is 0 Å². The van der Waals surface area contributed by atoms with Crippen molar-refractivity contribution in [3.8, 4) is 0 Å². The fourth-order valence-electron chi connectivity index (χ4n) is 1.74. The number of rotatable bonds is 7. The van der Waals surface area contributed by atoms with Crippen LogP contribution in [0.4, 0.5) is 13.2 Å². The Bertz CT molecular complexity index is 196. The average Bonchev–Trinajstić information content (AvgIpc) is 2.28. The van der Waals surface area contributed by atoms with Gasteiger partial charge in [-0.3, -0.25) is 0 Å². The third-order valence-electron chi connectivity index (χ3n) is 2.68. The summed E-state index contributed by atoms with van der Waals surface area (Å²) in [7, 11) is 0. The van der Waals surface area contributed by atoms with Crippen molar-refractivity contribution in [2.24, 2.45) is 5.92 Å². The summed E-state index contributed by atoms with van der Waals surface area (Å²) in [5.41, 5.74) is 0. The number of hydrogen-bond donors (Lipinski definition) is 1. The predicted octanol–water partition coefficient (Wildman–Crippen LogP) is 2.69. The third kappa shape index (κ3) is 8.74. The summed E-state index contributed by atoms with van der Waals surface area (Å²) in [6.07, 6.45) is -1.06. The summed E-state index contributed by atoms with van der Waals surface area (Å²) in [5.74, 6) is 3.22. The van der Waals surface area contributed by atoms with Crippen LogP contribution in [-0.4, -0.2) is 44.0 Å². The molecule has 0 atom stereocenters. The molecule has 0 aromatic carbocycles. The monoisotopic (exact) mass is 271 g/mol. The number of hydrogen-bond acceptors (Lipinski definition) is 3. The summed E-state index contributed by atoms with van der Waals surface area (Å²) < 4.78 is 39.7. The number of nitrogens with one attached hydrogen (secondary N) is 1. The first-order valence-electron chi connectivity index (χ1n) is 6.01. The van der Waals surface area contributed by atoms with E-state index in [0.717, 1.165) is 19.0 Å².